The lowest BCUT2D eigenvalue weighted by Crippen LogP contribution is -1.79. The topological polar surface area (TPSA) is 9.23 Å². The maximum Gasteiger partial charge on any atom is 0.119 e. The van der Waals surface area contributed by atoms with E-state index in [2.05, 4.69) is 54.6 Å². The van der Waals surface area contributed by atoms with Crippen LogP contribution in [0.1, 0.15) is 10.4 Å². The fourth-order valence-electron chi connectivity index (χ4n) is 1.99. The number of benzene rings is 2. The Hall–Kier alpha value is -2.06. The highest BCUT2D eigenvalue weighted by molar-refractivity contribution is 7.19. The van der Waals surface area contributed by atoms with Gasteiger partial charge in [0.15, 0.2) is 0 Å². The first-order valence-electron chi connectivity index (χ1n) is 6.16. The third-order valence-electron chi connectivity index (χ3n) is 2.98. The SMILES string of the molecule is COc1ccc2sc(/C=C/c3ccccc3)cc2c1. The molecule has 0 bridgehead atoms. The van der Waals surface area contributed by atoms with Crippen molar-refractivity contribution >= 4 is 33.6 Å². The van der Waals surface area contributed by atoms with Crippen molar-refractivity contribution in [3.8, 4) is 5.75 Å². The third-order valence-corrected chi connectivity index (χ3v) is 4.06. The molecule has 1 nitrogen and oxygen atoms in total. The number of thiophene rings is 1. The highest BCUT2D eigenvalue weighted by atomic mass is 32.1. The lowest BCUT2D eigenvalue weighted by molar-refractivity contribution is 0.415. The Kier molecular flexibility index (Phi) is 3.34. The number of hydrogen-bond acceptors (Lipinski definition) is 2. The summed E-state index contributed by atoms with van der Waals surface area (Å²) in [6.07, 6.45) is 4.30. The minimum atomic E-state index is 0.906. The maximum absolute atomic E-state index is 5.25. The zero-order valence-corrected chi connectivity index (χ0v) is 11.5. The van der Waals surface area contributed by atoms with Gasteiger partial charge in [0, 0.05) is 9.58 Å². The summed E-state index contributed by atoms with van der Waals surface area (Å²) in [5, 5.41) is 1.23. The van der Waals surface area contributed by atoms with Gasteiger partial charge >= 0.3 is 0 Å². The highest BCUT2D eigenvalue weighted by Gasteiger charge is 2.00. The van der Waals surface area contributed by atoms with E-state index in [0.29, 0.717) is 0 Å². The molecule has 0 radical (unpaired) electrons. The zero-order valence-electron chi connectivity index (χ0n) is 10.7. The van der Waals surface area contributed by atoms with Crippen LogP contribution < -0.4 is 4.74 Å². The van der Waals surface area contributed by atoms with Crippen LogP contribution in [0.4, 0.5) is 0 Å². The number of hydrogen-bond donors (Lipinski definition) is 0. The minimum Gasteiger partial charge on any atom is -0.497 e. The molecule has 0 amide bonds. The Morgan fingerprint density at radius 1 is 0.947 bits per heavy atom. The Bertz CT molecular complexity index is 710. The molecule has 0 unspecified atom stereocenters. The molecule has 0 aliphatic heterocycles. The predicted molar refractivity (Wildman–Crippen MR) is 83.7 cm³/mol. The van der Waals surface area contributed by atoms with Crippen LogP contribution in [0.25, 0.3) is 22.2 Å². The highest BCUT2D eigenvalue weighted by Crippen LogP contribution is 2.29. The van der Waals surface area contributed by atoms with Gasteiger partial charge in [-0.2, -0.15) is 0 Å². The van der Waals surface area contributed by atoms with Crippen molar-refractivity contribution in [1.82, 2.24) is 0 Å². The standard InChI is InChI=1S/C17H14OS/c1-18-15-8-10-17-14(11-15)12-16(19-17)9-7-13-5-3-2-4-6-13/h2-12H,1H3/b9-7+. The van der Waals surface area contributed by atoms with Gasteiger partial charge in [-0.15, -0.1) is 11.3 Å². The van der Waals surface area contributed by atoms with Gasteiger partial charge in [0.2, 0.25) is 0 Å². The van der Waals surface area contributed by atoms with Crippen molar-refractivity contribution in [2.75, 3.05) is 7.11 Å². The van der Waals surface area contributed by atoms with Gasteiger partial charge in [-0.1, -0.05) is 36.4 Å². The third kappa shape index (κ3) is 2.69. The normalized spacial score (nSPS) is 11.2. The maximum atomic E-state index is 5.25. The summed E-state index contributed by atoms with van der Waals surface area (Å²) >= 11 is 1.79. The smallest absolute Gasteiger partial charge is 0.119 e. The first kappa shape index (κ1) is 12.0. The first-order valence-corrected chi connectivity index (χ1v) is 6.97. The summed E-state index contributed by atoms with van der Waals surface area (Å²) in [6.45, 7) is 0. The van der Waals surface area contributed by atoms with Gasteiger partial charge in [0.05, 0.1) is 7.11 Å². The number of methoxy groups -OCH3 is 1. The molecule has 3 aromatic rings. The van der Waals surface area contributed by atoms with Crippen molar-refractivity contribution in [2.24, 2.45) is 0 Å². The number of rotatable bonds is 3. The molecule has 0 N–H and O–H groups in total. The van der Waals surface area contributed by atoms with Crippen LogP contribution in [0.15, 0.2) is 54.6 Å². The van der Waals surface area contributed by atoms with E-state index < -0.39 is 0 Å². The molecule has 3 rings (SSSR count). The van der Waals surface area contributed by atoms with Crippen LogP contribution in [-0.2, 0) is 0 Å². The monoisotopic (exact) mass is 266 g/mol. The van der Waals surface area contributed by atoms with Crippen molar-refractivity contribution in [2.45, 2.75) is 0 Å². The van der Waals surface area contributed by atoms with E-state index in [1.165, 1.54) is 20.5 Å². The molecule has 0 aliphatic carbocycles. The Labute approximate surface area is 116 Å². The second-order valence-corrected chi connectivity index (χ2v) is 5.41. The van der Waals surface area contributed by atoms with Crippen LogP contribution in [0, 0.1) is 0 Å². The molecule has 2 aromatic carbocycles. The van der Waals surface area contributed by atoms with E-state index in [0.717, 1.165) is 5.75 Å². The molecule has 1 aromatic heterocycles. The predicted octanol–water partition coefficient (Wildman–Crippen LogP) is 5.08. The summed E-state index contributed by atoms with van der Waals surface area (Å²) in [5.74, 6) is 0.906. The van der Waals surface area contributed by atoms with Gasteiger partial charge < -0.3 is 4.74 Å². The number of fused-ring (bicyclic) bond motifs is 1. The molecule has 0 atom stereocenters. The van der Waals surface area contributed by atoms with Crippen molar-refractivity contribution in [3.63, 3.8) is 0 Å². The summed E-state index contributed by atoms with van der Waals surface area (Å²) < 4.78 is 6.53. The molecule has 1 heterocycles. The molecule has 0 aliphatic rings. The van der Waals surface area contributed by atoms with Gasteiger partial charge in [-0.3, -0.25) is 0 Å². The molecule has 0 saturated carbocycles. The van der Waals surface area contributed by atoms with E-state index in [-0.39, 0.29) is 0 Å². The zero-order chi connectivity index (χ0) is 13.1. The fourth-order valence-corrected chi connectivity index (χ4v) is 2.94. The van der Waals surface area contributed by atoms with Gasteiger partial charge in [-0.05, 0) is 41.3 Å². The largest absolute Gasteiger partial charge is 0.497 e. The first-order chi connectivity index (χ1) is 9.35. The van der Waals surface area contributed by atoms with E-state index in [1.54, 1.807) is 18.4 Å². The van der Waals surface area contributed by atoms with Gasteiger partial charge in [0.25, 0.3) is 0 Å². The summed E-state index contributed by atoms with van der Waals surface area (Å²) in [7, 11) is 1.70. The molecule has 0 fully saturated rings. The molecule has 0 saturated heterocycles. The van der Waals surface area contributed by atoms with Crippen LogP contribution >= 0.6 is 11.3 Å². The summed E-state index contributed by atoms with van der Waals surface area (Å²) in [6, 6.07) is 18.7. The minimum absolute atomic E-state index is 0.906. The molecular formula is C17H14OS. The fraction of sp³-hybridized carbons (Fsp3) is 0.0588. The van der Waals surface area contributed by atoms with Gasteiger partial charge in [-0.25, -0.2) is 0 Å². The molecule has 2 heteroatoms. The average molecular weight is 266 g/mol. The Morgan fingerprint density at radius 2 is 1.79 bits per heavy atom. The van der Waals surface area contributed by atoms with Crippen LogP contribution in [0.3, 0.4) is 0 Å². The van der Waals surface area contributed by atoms with Crippen molar-refractivity contribution in [3.05, 3.63) is 65.0 Å². The summed E-state index contributed by atoms with van der Waals surface area (Å²) in [4.78, 5) is 1.26. The Morgan fingerprint density at radius 3 is 2.58 bits per heavy atom. The van der Waals surface area contributed by atoms with Crippen molar-refractivity contribution in [1.29, 1.82) is 0 Å². The van der Waals surface area contributed by atoms with Crippen LogP contribution in [0.5, 0.6) is 5.75 Å². The van der Waals surface area contributed by atoms with Gasteiger partial charge in [0.1, 0.15) is 5.75 Å². The molecule has 0 spiro atoms. The quantitative estimate of drug-likeness (QED) is 0.642. The van der Waals surface area contributed by atoms with E-state index in [1.807, 2.05) is 12.1 Å². The lowest BCUT2D eigenvalue weighted by Gasteiger charge is -1.97. The second-order valence-electron chi connectivity index (χ2n) is 4.30. The van der Waals surface area contributed by atoms with E-state index in [9.17, 15) is 0 Å². The molecule has 94 valence electrons. The number of ether oxygens (including phenoxy) is 1. The van der Waals surface area contributed by atoms with Crippen LogP contribution in [0.2, 0.25) is 0 Å². The van der Waals surface area contributed by atoms with E-state index in [4.69, 9.17) is 4.74 Å². The van der Waals surface area contributed by atoms with E-state index >= 15 is 0 Å². The molecular weight excluding hydrogens is 252 g/mol. The van der Waals surface area contributed by atoms with Crippen molar-refractivity contribution < 1.29 is 4.74 Å². The lowest BCUT2D eigenvalue weighted by atomic mass is 10.2. The Balaban J connectivity index is 1.91. The molecule has 19 heavy (non-hydrogen) atoms. The second kappa shape index (κ2) is 5.29. The van der Waals surface area contributed by atoms with Crippen LogP contribution in [-0.4, -0.2) is 7.11 Å². The summed E-state index contributed by atoms with van der Waals surface area (Å²) in [5.41, 5.74) is 1.22. The average Bonchev–Trinajstić information content (AvgIpc) is 2.88.